The van der Waals surface area contributed by atoms with Crippen LogP contribution in [0.25, 0.3) is 16.6 Å². The second-order valence-electron chi connectivity index (χ2n) is 5.89. The molecule has 140 valence electrons. The number of carbonyl (C=O) groups is 1. The predicted molar refractivity (Wildman–Crippen MR) is 95.9 cm³/mol. The van der Waals surface area contributed by atoms with Crippen LogP contribution in [0, 0.1) is 11.6 Å². The summed E-state index contributed by atoms with van der Waals surface area (Å²) in [6.45, 7) is -0.356. The third-order valence-corrected chi connectivity index (χ3v) is 4.00. The quantitative estimate of drug-likeness (QED) is 0.582. The van der Waals surface area contributed by atoms with Gasteiger partial charge in [-0.1, -0.05) is 0 Å². The van der Waals surface area contributed by atoms with E-state index in [1.807, 2.05) is 0 Å². The maximum absolute atomic E-state index is 14.2. The molecule has 28 heavy (non-hydrogen) atoms. The number of nitrogens with zero attached hydrogens (tertiary/aromatic N) is 5. The smallest absolute Gasteiger partial charge is 0.261 e. The summed E-state index contributed by atoms with van der Waals surface area (Å²) in [4.78, 5) is 32.4. The van der Waals surface area contributed by atoms with E-state index in [2.05, 4.69) is 20.4 Å². The Morgan fingerprint density at radius 1 is 1.11 bits per heavy atom. The topological polar surface area (TPSA) is 94.7 Å². The van der Waals surface area contributed by atoms with Crippen LogP contribution < -0.4 is 10.9 Å². The molecule has 10 heteroatoms. The Balaban J connectivity index is 1.53. The minimum absolute atomic E-state index is 0.0681. The van der Waals surface area contributed by atoms with Crippen molar-refractivity contribution in [2.45, 2.75) is 6.54 Å². The van der Waals surface area contributed by atoms with Gasteiger partial charge in [0.2, 0.25) is 5.91 Å². The van der Waals surface area contributed by atoms with Gasteiger partial charge in [0.05, 0.1) is 17.2 Å². The average Bonchev–Trinajstić information content (AvgIpc) is 3.19. The van der Waals surface area contributed by atoms with Crippen molar-refractivity contribution in [2.75, 3.05) is 5.32 Å². The number of nitrogens with one attached hydrogen (secondary N) is 1. The van der Waals surface area contributed by atoms with Crippen LogP contribution >= 0.6 is 0 Å². The van der Waals surface area contributed by atoms with Crippen molar-refractivity contribution >= 4 is 22.5 Å². The first kappa shape index (κ1) is 17.5. The summed E-state index contributed by atoms with van der Waals surface area (Å²) in [6.07, 6.45) is 3.82. The van der Waals surface area contributed by atoms with E-state index < -0.39 is 23.1 Å². The van der Waals surface area contributed by atoms with Gasteiger partial charge in [0.1, 0.15) is 30.7 Å². The van der Waals surface area contributed by atoms with Crippen LogP contribution in [-0.2, 0) is 11.3 Å². The van der Waals surface area contributed by atoms with Gasteiger partial charge in [0, 0.05) is 5.69 Å². The zero-order valence-electron chi connectivity index (χ0n) is 14.2. The molecule has 0 spiro atoms. The molecule has 0 aliphatic heterocycles. The standard InChI is InChI=1S/C18H12F2N6O2/c19-11-1-3-15-13(5-11)18(28)25(10-22-15)7-17(27)24-12-2-4-16(14(20)6-12)26-9-21-8-23-26/h1-6,8-10H,7H2,(H,24,27). The van der Waals surface area contributed by atoms with Crippen molar-refractivity contribution in [3.8, 4) is 5.69 Å². The Hall–Kier alpha value is -3.95. The third kappa shape index (κ3) is 3.34. The van der Waals surface area contributed by atoms with Crippen molar-refractivity contribution in [3.05, 3.63) is 77.4 Å². The number of fused-ring (bicyclic) bond motifs is 1. The summed E-state index contributed by atoms with van der Waals surface area (Å²) in [5.74, 6) is -1.74. The van der Waals surface area contributed by atoms with E-state index in [1.54, 1.807) is 0 Å². The number of benzene rings is 2. The molecule has 2 aromatic carbocycles. The zero-order chi connectivity index (χ0) is 19.7. The molecule has 2 aromatic heterocycles. The molecular weight excluding hydrogens is 370 g/mol. The highest BCUT2D eigenvalue weighted by Crippen LogP contribution is 2.17. The van der Waals surface area contributed by atoms with E-state index in [1.165, 1.54) is 47.9 Å². The van der Waals surface area contributed by atoms with Crippen LogP contribution in [0.3, 0.4) is 0 Å². The summed E-state index contributed by atoms with van der Waals surface area (Å²) in [5, 5.41) is 6.41. The molecule has 0 fully saturated rings. The second-order valence-corrected chi connectivity index (χ2v) is 5.89. The lowest BCUT2D eigenvalue weighted by molar-refractivity contribution is -0.116. The van der Waals surface area contributed by atoms with Gasteiger partial charge in [-0.3, -0.25) is 14.2 Å². The van der Waals surface area contributed by atoms with Crippen LogP contribution in [-0.4, -0.2) is 30.2 Å². The number of anilines is 1. The van der Waals surface area contributed by atoms with Gasteiger partial charge in [0.15, 0.2) is 5.82 Å². The molecule has 0 saturated carbocycles. The number of hydrogen-bond acceptors (Lipinski definition) is 5. The van der Waals surface area contributed by atoms with Crippen LogP contribution in [0.1, 0.15) is 0 Å². The average molecular weight is 382 g/mol. The molecule has 0 unspecified atom stereocenters. The lowest BCUT2D eigenvalue weighted by Gasteiger charge is -2.09. The highest BCUT2D eigenvalue weighted by Gasteiger charge is 2.11. The van der Waals surface area contributed by atoms with Crippen LogP contribution in [0.15, 0.2) is 60.2 Å². The maximum Gasteiger partial charge on any atom is 0.261 e. The van der Waals surface area contributed by atoms with Gasteiger partial charge in [-0.05, 0) is 36.4 Å². The largest absolute Gasteiger partial charge is 0.324 e. The molecule has 4 rings (SSSR count). The number of halogens is 2. The minimum atomic E-state index is -0.608. The van der Waals surface area contributed by atoms with E-state index in [-0.39, 0.29) is 23.3 Å². The summed E-state index contributed by atoms with van der Waals surface area (Å²) in [7, 11) is 0. The predicted octanol–water partition coefficient (Wildman–Crippen LogP) is 1.89. The number of amides is 1. The molecular formula is C18H12F2N6O2. The Morgan fingerprint density at radius 2 is 1.96 bits per heavy atom. The molecule has 0 aliphatic rings. The normalized spacial score (nSPS) is 10.9. The van der Waals surface area contributed by atoms with Crippen LogP contribution in [0.5, 0.6) is 0 Å². The summed E-state index contributed by atoms with van der Waals surface area (Å²) in [5.41, 5.74) is 0.160. The van der Waals surface area contributed by atoms with E-state index >= 15 is 0 Å². The summed E-state index contributed by atoms with van der Waals surface area (Å²) < 4.78 is 29.9. The van der Waals surface area contributed by atoms with Gasteiger partial charge < -0.3 is 5.32 Å². The highest BCUT2D eigenvalue weighted by molar-refractivity contribution is 5.90. The molecule has 2 heterocycles. The maximum atomic E-state index is 14.2. The van der Waals surface area contributed by atoms with E-state index in [0.717, 1.165) is 16.7 Å². The lowest BCUT2D eigenvalue weighted by atomic mass is 10.2. The van der Waals surface area contributed by atoms with Crippen LogP contribution in [0.4, 0.5) is 14.5 Å². The van der Waals surface area contributed by atoms with Crippen molar-refractivity contribution in [2.24, 2.45) is 0 Å². The molecule has 0 bridgehead atoms. The van der Waals surface area contributed by atoms with E-state index in [0.29, 0.717) is 5.52 Å². The Kier molecular flexibility index (Phi) is 4.36. The molecule has 8 nitrogen and oxygen atoms in total. The zero-order valence-corrected chi connectivity index (χ0v) is 14.2. The first-order valence-electron chi connectivity index (χ1n) is 8.10. The van der Waals surface area contributed by atoms with Crippen molar-refractivity contribution < 1.29 is 13.6 Å². The fourth-order valence-corrected chi connectivity index (χ4v) is 2.70. The van der Waals surface area contributed by atoms with E-state index in [9.17, 15) is 18.4 Å². The van der Waals surface area contributed by atoms with Crippen molar-refractivity contribution in [1.82, 2.24) is 24.3 Å². The fraction of sp³-hybridized carbons (Fsp3) is 0.0556. The van der Waals surface area contributed by atoms with Crippen LogP contribution in [0.2, 0.25) is 0 Å². The molecule has 0 saturated heterocycles. The number of carbonyl (C=O) groups excluding carboxylic acids is 1. The molecule has 0 radical (unpaired) electrons. The molecule has 0 aliphatic carbocycles. The van der Waals surface area contributed by atoms with Gasteiger partial charge in [0.25, 0.3) is 5.56 Å². The molecule has 0 atom stereocenters. The number of hydrogen-bond donors (Lipinski definition) is 1. The molecule has 1 amide bonds. The summed E-state index contributed by atoms with van der Waals surface area (Å²) in [6, 6.07) is 7.71. The van der Waals surface area contributed by atoms with Gasteiger partial charge in [-0.2, -0.15) is 5.10 Å². The number of aromatic nitrogens is 5. The lowest BCUT2D eigenvalue weighted by Crippen LogP contribution is -2.28. The first-order valence-corrected chi connectivity index (χ1v) is 8.10. The Labute approximate surface area is 156 Å². The minimum Gasteiger partial charge on any atom is -0.324 e. The third-order valence-electron chi connectivity index (χ3n) is 4.00. The Bertz CT molecular complexity index is 1240. The van der Waals surface area contributed by atoms with Gasteiger partial charge >= 0.3 is 0 Å². The fourth-order valence-electron chi connectivity index (χ4n) is 2.70. The molecule has 1 N–H and O–H groups in total. The summed E-state index contributed by atoms with van der Waals surface area (Å²) >= 11 is 0. The highest BCUT2D eigenvalue weighted by atomic mass is 19.1. The van der Waals surface area contributed by atoms with Crippen molar-refractivity contribution in [3.63, 3.8) is 0 Å². The van der Waals surface area contributed by atoms with Gasteiger partial charge in [-0.25, -0.2) is 23.4 Å². The SMILES string of the molecule is O=C(Cn1cnc2ccc(F)cc2c1=O)Nc1ccc(-n2cncn2)c(F)c1. The van der Waals surface area contributed by atoms with Gasteiger partial charge in [-0.15, -0.1) is 0 Å². The number of rotatable bonds is 4. The monoisotopic (exact) mass is 382 g/mol. The molecule has 4 aromatic rings. The first-order chi connectivity index (χ1) is 13.5. The van der Waals surface area contributed by atoms with E-state index in [4.69, 9.17) is 0 Å². The van der Waals surface area contributed by atoms with Crippen molar-refractivity contribution in [1.29, 1.82) is 0 Å². The second kappa shape index (κ2) is 6.99. The Morgan fingerprint density at radius 3 is 2.71 bits per heavy atom.